The molecule has 3 aliphatic carbocycles. The first-order chi connectivity index (χ1) is 21.3. The third-order valence-corrected chi connectivity index (χ3v) is 9.44. The maximum Gasteiger partial charge on any atom is 0.0538 e. The van der Waals surface area contributed by atoms with Crippen LogP contribution in [0.25, 0.3) is 50.5 Å². The van der Waals surface area contributed by atoms with Crippen LogP contribution in [0.15, 0.2) is 139 Å². The molecule has 0 fully saturated rings. The highest BCUT2D eigenvalue weighted by molar-refractivity contribution is 5.96. The lowest BCUT2D eigenvalue weighted by Gasteiger charge is -2.15. The van der Waals surface area contributed by atoms with Crippen LogP contribution in [0, 0.1) is 0 Å². The van der Waals surface area contributed by atoms with Crippen molar-refractivity contribution < 1.29 is 0 Å². The van der Waals surface area contributed by atoms with E-state index in [-0.39, 0.29) is 0 Å². The second kappa shape index (κ2) is 10.7. The lowest BCUT2D eigenvalue weighted by Crippen LogP contribution is -2.02. The smallest absolute Gasteiger partial charge is 0.0538 e. The van der Waals surface area contributed by atoms with Gasteiger partial charge in [0.1, 0.15) is 0 Å². The Labute approximate surface area is 254 Å². The molecule has 0 spiro atoms. The summed E-state index contributed by atoms with van der Waals surface area (Å²) in [6, 6.07) is 33.9. The molecule has 0 N–H and O–H groups in total. The van der Waals surface area contributed by atoms with Crippen LogP contribution < -0.4 is 0 Å². The van der Waals surface area contributed by atoms with E-state index in [0.717, 1.165) is 25.7 Å². The van der Waals surface area contributed by atoms with Crippen molar-refractivity contribution in [2.24, 2.45) is 0 Å². The number of aromatic nitrogens is 1. The average molecular weight is 554 g/mol. The fourth-order valence-electron chi connectivity index (χ4n) is 7.27. The summed E-state index contributed by atoms with van der Waals surface area (Å²) < 4.78 is 2.49. The summed E-state index contributed by atoms with van der Waals surface area (Å²) in [6.07, 6.45) is 19.9. The molecule has 0 radical (unpaired) electrons. The highest BCUT2D eigenvalue weighted by Crippen LogP contribution is 2.43. The summed E-state index contributed by atoms with van der Waals surface area (Å²) in [5, 5.41) is 1.34. The van der Waals surface area contributed by atoms with Gasteiger partial charge >= 0.3 is 0 Å². The Kier molecular flexibility index (Phi) is 6.45. The molecule has 0 bridgehead atoms. The molecular formula is C42H35N. The minimum atomic E-state index is 1.01. The third kappa shape index (κ3) is 4.57. The Bertz CT molecular complexity index is 2010. The number of hydrogen-bond donors (Lipinski definition) is 0. The maximum absolute atomic E-state index is 3.82. The lowest BCUT2D eigenvalue weighted by molar-refractivity contribution is 0.867. The molecule has 0 saturated heterocycles. The molecule has 5 aromatic rings. The molecule has 4 aromatic carbocycles. The quantitative estimate of drug-likeness (QED) is 0.184. The minimum Gasteiger partial charge on any atom is -0.313 e. The molecule has 0 saturated carbocycles. The molecule has 43 heavy (non-hydrogen) atoms. The van der Waals surface area contributed by atoms with E-state index < -0.39 is 0 Å². The first kappa shape index (κ1) is 25.8. The van der Waals surface area contributed by atoms with Crippen LogP contribution in [0.4, 0.5) is 0 Å². The molecule has 0 atom stereocenters. The van der Waals surface area contributed by atoms with Gasteiger partial charge in [0, 0.05) is 22.3 Å². The number of nitrogens with zero attached hydrogens (tertiary/aromatic N) is 1. The van der Waals surface area contributed by atoms with Crippen molar-refractivity contribution in [3.05, 3.63) is 161 Å². The Hall–Kier alpha value is -4.88. The number of rotatable bonds is 6. The summed E-state index contributed by atoms with van der Waals surface area (Å²) in [5.74, 6) is 0. The lowest BCUT2D eigenvalue weighted by atomic mass is 9.90. The Morgan fingerprint density at radius 3 is 2.42 bits per heavy atom. The molecule has 0 unspecified atom stereocenters. The normalized spacial score (nSPS) is 15.5. The monoisotopic (exact) mass is 553 g/mol. The summed E-state index contributed by atoms with van der Waals surface area (Å²) >= 11 is 0. The fourth-order valence-corrected chi connectivity index (χ4v) is 7.27. The molecular weight excluding hydrogens is 518 g/mol. The third-order valence-electron chi connectivity index (χ3n) is 9.44. The molecule has 1 aromatic heterocycles. The second-order valence-electron chi connectivity index (χ2n) is 12.0. The van der Waals surface area contributed by atoms with Gasteiger partial charge < -0.3 is 4.57 Å². The molecule has 0 amide bonds. The molecule has 8 rings (SSSR count). The van der Waals surface area contributed by atoms with Crippen LogP contribution in [-0.2, 0) is 12.8 Å². The first-order valence-corrected chi connectivity index (χ1v) is 15.6. The molecule has 0 aliphatic heterocycles. The van der Waals surface area contributed by atoms with Crippen LogP contribution >= 0.6 is 0 Å². The van der Waals surface area contributed by atoms with Crippen molar-refractivity contribution in [1.82, 2.24) is 4.57 Å². The van der Waals surface area contributed by atoms with Crippen LogP contribution in [0.2, 0.25) is 0 Å². The summed E-state index contributed by atoms with van der Waals surface area (Å²) in [7, 11) is 0. The average Bonchev–Trinajstić information content (AvgIpc) is 3.60. The van der Waals surface area contributed by atoms with Gasteiger partial charge in [-0.15, -0.1) is 0 Å². The zero-order valence-electron chi connectivity index (χ0n) is 24.5. The fraction of sp³-hybridized carbons (Fsp3) is 0.143. The van der Waals surface area contributed by atoms with Crippen molar-refractivity contribution in [3.63, 3.8) is 0 Å². The molecule has 1 nitrogen and oxygen atoms in total. The number of hydrogen-bond acceptors (Lipinski definition) is 0. The number of fused-ring (bicyclic) bond motifs is 5. The van der Waals surface area contributed by atoms with Crippen LogP contribution in [0.3, 0.4) is 0 Å². The highest BCUT2D eigenvalue weighted by Gasteiger charge is 2.24. The van der Waals surface area contributed by atoms with Crippen molar-refractivity contribution in [1.29, 1.82) is 0 Å². The standard InChI is InChI=1S/C42H35N/c1-2-3-5-10-29-15-16-34-26-35-18-17-32(27-39(35)38(34)25-29)33-21-24-42-40(28-33)37-13-8-9-14-41(37)43(42)36-22-19-31(20-23-36)30-11-6-4-7-12-30/h2-8,11-13,17-25,27-28H,1,9-10,14-16,26H2/b5-3-. The van der Waals surface area contributed by atoms with E-state index in [4.69, 9.17) is 0 Å². The Balaban J connectivity index is 1.18. The van der Waals surface area contributed by atoms with E-state index in [9.17, 15) is 0 Å². The van der Waals surface area contributed by atoms with Gasteiger partial charge in [0.05, 0.1) is 5.52 Å². The van der Waals surface area contributed by atoms with Crippen LogP contribution in [-0.4, -0.2) is 4.57 Å². The summed E-state index contributed by atoms with van der Waals surface area (Å²) in [5.41, 5.74) is 17.9. The van der Waals surface area contributed by atoms with E-state index in [2.05, 4.69) is 133 Å². The zero-order chi connectivity index (χ0) is 28.8. The molecule has 1 heterocycles. The van der Waals surface area contributed by atoms with Gasteiger partial charge in [0.25, 0.3) is 0 Å². The van der Waals surface area contributed by atoms with E-state index >= 15 is 0 Å². The molecule has 3 aliphatic rings. The van der Waals surface area contributed by atoms with Crippen LogP contribution in [0.5, 0.6) is 0 Å². The summed E-state index contributed by atoms with van der Waals surface area (Å²) in [6.45, 7) is 3.82. The Morgan fingerprint density at radius 1 is 0.767 bits per heavy atom. The van der Waals surface area contributed by atoms with Crippen LogP contribution in [0.1, 0.15) is 48.1 Å². The SMILES string of the molecule is C=C/C=C\CC1=CC2=C(CC1)Cc1ccc(-c3ccc4c(c3)c3c(n4-c4ccc(-c5ccccc5)cc4)CCC=C3)cc12. The number of benzene rings is 4. The largest absolute Gasteiger partial charge is 0.313 e. The Morgan fingerprint density at radius 2 is 1.56 bits per heavy atom. The van der Waals surface area contributed by atoms with Gasteiger partial charge in [0.15, 0.2) is 0 Å². The van der Waals surface area contributed by atoms with Crippen molar-refractivity contribution >= 4 is 22.6 Å². The first-order valence-electron chi connectivity index (χ1n) is 15.6. The van der Waals surface area contributed by atoms with Gasteiger partial charge in [-0.2, -0.15) is 0 Å². The van der Waals surface area contributed by atoms with E-state index in [1.54, 1.807) is 5.57 Å². The molecule has 208 valence electrons. The van der Waals surface area contributed by atoms with Gasteiger partial charge in [-0.3, -0.25) is 0 Å². The van der Waals surface area contributed by atoms with Gasteiger partial charge in [-0.1, -0.05) is 115 Å². The van der Waals surface area contributed by atoms with E-state index in [1.165, 1.54) is 85.2 Å². The van der Waals surface area contributed by atoms with Crippen molar-refractivity contribution in [3.8, 4) is 27.9 Å². The van der Waals surface area contributed by atoms with Gasteiger partial charge in [0.2, 0.25) is 0 Å². The predicted octanol–water partition coefficient (Wildman–Crippen LogP) is 11.1. The molecule has 1 heteroatoms. The maximum atomic E-state index is 3.82. The van der Waals surface area contributed by atoms with E-state index in [0.29, 0.717) is 0 Å². The minimum absolute atomic E-state index is 1.01. The number of allylic oxidation sites excluding steroid dienone is 8. The van der Waals surface area contributed by atoms with Gasteiger partial charge in [-0.25, -0.2) is 0 Å². The highest BCUT2D eigenvalue weighted by atomic mass is 15.0. The second-order valence-corrected chi connectivity index (χ2v) is 12.0. The predicted molar refractivity (Wildman–Crippen MR) is 183 cm³/mol. The summed E-state index contributed by atoms with van der Waals surface area (Å²) in [4.78, 5) is 0. The van der Waals surface area contributed by atoms with Gasteiger partial charge in [-0.05, 0) is 108 Å². The van der Waals surface area contributed by atoms with Crippen molar-refractivity contribution in [2.75, 3.05) is 0 Å². The van der Waals surface area contributed by atoms with Crippen molar-refractivity contribution in [2.45, 2.75) is 38.5 Å². The topological polar surface area (TPSA) is 4.93 Å². The van der Waals surface area contributed by atoms with E-state index in [1.807, 2.05) is 6.08 Å². The zero-order valence-corrected chi connectivity index (χ0v) is 24.5.